The Morgan fingerprint density at radius 3 is 2.80 bits per heavy atom. The smallest absolute Gasteiger partial charge is 0.157 e. The maximum absolute atomic E-state index is 12.9. The molecule has 0 fully saturated rings. The number of rotatable bonds is 2. The van der Waals surface area contributed by atoms with Gasteiger partial charge in [0.15, 0.2) is 11.5 Å². The molecule has 0 unspecified atom stereocenters. The molecule has 0 amide bonds. The summed E-state index contributed by atoms with van der Waals surface area (Å²) in [5.74, 6) is 0.462. The van der Waals surface area contributed by atoms with Crippen LogP contribution in [0.2, 0.25) is 0 Å². The molecule has 2 heterocycles. The van der Waals surface area contributed by atoms with Gasteiger partial charge in [-0.2, -0.15) is 5.10 Å². The predicted molar refractivity (Wildman–Crippen MR) is 56.3 cm³/mol. The van der Waals surface area contributed by atoms with Gasteiger partial charge < -0.3 is 0 Å². The number of pyridine rings is 1. The Labute approximate surface area is 87.9 Å². The van der Waals surface area contributed by atoms with Crippen molar-refractivity contribution in [2.45, 2.75) is 32.6 Å². The highest BCUT2D eigenvalue weighted by Crippen LogP contribution is 2.23. The highest BCUT2D eigenvalue weighted by atomic mass is 19.1. The standard InChI is InChI=1S/C11H14FN3/c1-4-11(2,3)10-13-9-6-5-8(12)7-15(9)14-10/h5-7H,4H2,1-3H3. The van der Waals surface area contributed by atoms with Gasteiger partial charge in [0.05, 0.1) is 6.20 Å². The summed E-state index contributed by atoms with van der Waals surface area (Å²) in [6, 6.07) is 3.03. The molecule has 0 atom stereocenters. The minimum Gasteiger partial charge on any atom is -0.218 e. The van der Waals surface area contributed by atoms with Gasteiger partial charge >= 0.3 is 0 Å². The Morgan fingerprint density at radius 2 is 2.13 bits per heavy atom. The van der Waals surface area contributed by atoms with Crippen molar-refractivity contribution >= 4 is 5.65 Å². The number of halogens is 1. The largest absolute Gasteiger partial charge is 0.218 e. The lowest BCUT2D eigenvalue weighted by Gasteiger charge is -2.17. The highest BCUT2D eigenvalue weighted by Gasteiger charge is 2.23. The van der Waals surface area contributed by atoms with E-state index in [1.165, 1.54) is 16.8 Å². The SMILES string of the molecule is CCC(C)(C)c1nc2ccc(F)cn2n1. The normalized spacial score (nSPS) is 12.3. The summed E-state index contributed by atoms with van der Waals surface area (Å²) in [5, 5.41) is 4.28. The van der Waals surface area contributed by atoms with Crippen LogP contribution >= 0.6 is 0 Å². The van der Waals surface area contributed by atoms with Crippen molar-refractivity contribution in [3.05, 3.63) is 30.0 Å². The number of nitrogens with zero attached hydrogens (tertiary/aromatic N) is 3. The lowest BCUT2D eigenvalue weighted by molar-refractivity contribution is 0.472. The molecular formula is C11H14FN3. The zero-order valence-corrected chi connectivity index (χ0v) is 9.16. The summed E-state index contributed by atoms with van der Waals surface area (Å²) in [7, 11) is 0. The van der Waals surface area contributed by atoms with Gasteiger partial charge in [0.1, 0.15) is 5.82 Å². The van der Waals surface area contributed by atoms with Crippen LogP contribution in [0.3, 0.4) is 0 Å². The molecule has 2 aromatic rings. The minimum absolute atomic E-state index is 0.0670. The van der Waals surface area contributed by atoms with Gasteiger partial charge in [0.2, 0.25) is 0 Å². The van der Waals surface area contributed by atoms with Crippen molar-refractivity contribution in [2.75, 3.05) is 0 Å². The minimum atomic E-state index is -0.298. The third kappa shape index (κ3) is 1.71. The summed E-state index contributed by atoms with van der Waals surface area (Å²) >= 11 is 0. The topological polar surface area (TPSA) is 30.2 Å². The van der Waals surface area contributed by atoms with Crippen molar-refractivity contribution in [2.24, 2.45) is 0 Å². The summed E-state index contributed by atoms with van der Waals surface area (Å²) in [6.07, 6.45) is 2.30. The molecule has 0 aliphatic rings. The Kier molecular flexibility index (Phi) is 2.21. The Hall–Kier alpha value is -1.45. The van der Waals surface area contributed by atoms with Crippen molar-refractivity contribution in [3.63, 3.8) is 0 Å². The van der Waals surface area contributed by atoms with E-state index in [2.05, 4.69) is 30.9 Å². The third-order valence-electron chi connectivity index (χ3n) is 2.78. The summed E-state index contributed by atoms with van der Waals surface area (Å²) in [4.78, 5) is 4.38. The molecule has 0 radical (unpaired) electrons. The van der Waals surface area contributed by atoms with Crippen molar-refractivity contribution in [1.29, 1.82) is 0 Å². The average Bonchev–Trinajstić information content (AvgIpc) is 2.61. The van der Waals surface area contributed by atoms with E-state index in [4.69, 9.17) is 0 Å². The van der Waals surface area contributed by atoms with E-state index in [-0.39, 0.29) is 11.2 Å². The number of fused-ring (bicyclic) bond motifs is 1. The van der Waals surface area contributed by atoms with Crippen molar-refractivity contribution in [3.8, 4) is 0 Å². The fraction of sp³-hybridized carbons (Fsp3) is 0.455. The molecule has 0 aliphatic carbocycles. The molecule has 4 heteroatoms. The van der Waals surface area contributed by atoms with Crippen LogP contribution in [0.5, 0.6) is 0 Å². The van der Waals surface area contributed by atoms with Gasteiger partial charge in [-0.25, -0.2) is 13.9 Å². The second-order valence-corrected chi connectivity index (χ2v) is 4.32. The van der Waals surface area contributed by atoms with Crippen molar-refractivity contribution in [1.82, 2.24) is 14.6 Å². The summed E-state index contributed by atoms with van der Waals surface area (Å²) in [5.41, 5.74) is 0.621. The van der Waals surface area contributed by atoms with Gasteiger partial charge in [-0.1, -0.05) is 20.8 Å². The zero-order valence-electron chi connectivity index (χ0n) is 9.16. The van der Waals surface area contributed by atoms with Crippen LogP contribution in [-0.4, -0.2) is 14.6 Å². The molecular weight excluding hydrogens is 193 g/mol. The van der Waals surface area contributed by atoms with Crippen LogP contribution in [0, 0.1) is 5.82 Å². The second-order valence-electron chi connectivity index (χ2n) is 4.32. The molecule has 0 saturated carbocycles. The van der Waals surface area contributed by atoms with Gasteiger partial charge in [-0.3, -0.25) is 0 Å². The molecule has 80 valence electrons. The fourth-order valence-electron chi connectivity index (χ4n) is 1.30. The first-order valence-electron chi connectivity index (χ1n) is 5.05. The van der Waals surface area contributed by atoms with Gasteiger partial charge in [0, 0.05) is 5.41 Å². The van der Waals surface area contributed by atoms with E-state index in [0.29, 0.717) is 5.65 Å². The van der Waals surface area contributed by atoms with Crippen LogP contribution in [0.15, 0.2) is 18.3 Å². The first-order valence-corrected chi connectivity index (χ1v) is 5.05. The van der Waals surface area contributed by atoms with E-state index in [9.17, 15) is 4.39 Å². The lowest BCUT2D eigenvalue weighted by Crippen LogP contribution is -2.17. The zero-order chi connectivity index (χ0) is 11.1. The quantitative estimate of drug-likeness (QED) is 0.757. The molecule has 0 bridgehead atoms. The monoisotopic (exact) mass is 207 g/mol. The molecule has 15 heavy (non-hydrogen) atoms. The maximum atomic E-state index is 12.9. The van der Waals surface area contributed by atoms with Crippen LogP contribution in [0.4, 0.5) is 4.39 Å². The van der Waals surface area contributed by atoms with E-state index >= 15 is 0 Å². The first-order chi connectivity index (χ1) is 7.03. The number of hydrogen-bond acceptors (Lipinski definition) is 2. The van der Waals surface area contributed by atoms with E-state index < -0.39 is 0 Å². The lowest BCUT2D eigenvalue weighted by atomic mass is 9.90. The van der Waals surface area contributed by atoms with Gasteiger partial charge in [0.25, 0.3) is 0 Å². The Morgan fingerprint density at radius 1 is 1.40 bits per heavy atom. The third-order valence-corrected chi connectivity index (χ3v) is 2.78. The summed E-state index contributed by atoms with van der Waals surface area (Å²) in [6.45, 7) is 6.25. The van der Waals surface area contributed by atoms with E-state index in [0.717, 1.165) is 12.2 Å². The molecule has 2 aromatic heterocycles. The van der Waals surface area contributed by atoms with Gasteiger partial charge in [-0.15, -0.1) is 0 Å². The molecule has 0 saturated heterocycles. The number of hydrogen-bond donors (Lipinski definition) is 0. The Balaban J connectivity index is 2.56. The first kappa shape index (κ1) is 10.1. The molecule has 3 nitrogen and oxygen atoms in total. The predicted octanol–water partition coefficient (Wildman–Crippen LogP) is 2.56. The highest BCUT2D eigenvalue weighted by molar-refractivity contribution is 5.37. The molecule has 0 spiro atoms. The average molecular weight is 207 g/mol. The summed E-state index contributed by atoms with van der Waals surface area (Å²) < 4.78 is 14.4. The second kappa shape index (κ2) is 3.29. The van der Waals surface area contributed by atoms with Crippen molar-refractivity contribution < 1.29 is 4.39 Å². The number of aromatic nitrogens is 3. The van der Waals surface area contributed by atoms with Crippen LogP contribution in [0.25, 0.3) is 5.65 Å². The molecule has 0 N–H and O–H groups in total. The van der Waals surface area contributed by atoms with E-state index in [1.54, 1.807) is 6.07 Å². The van der Waals surface area contributed by atoms with E-state index in [1.807, 2.05) is 0 Å². The van der Waals surface area contributed by atoms with Crippen LogP contribution in [0.1, 0.15) is 33.0 Å². The maximum Gasteiger partial charge on any atom is 0.157 e. The molecule has 0 aliphatic heterocycles. The molecule has 2 rings (SSSR count). The fourth-order valence-corrected chi connectivity index (χ4v) is 1.30. The molecule has 0 aromatic carbocycles. The van der Waals surface area contributed by atoms with Crippen LogP contribution in [-0.2, 0) is 5.41 Å². The van der Waals surface area contributed by atoms with Gasteiger partial charge in [-0.05, 0) is 18.6 Å². The Bertz CT molecular complexity index is 488. The van der Waals surface area contributed by atoms with Crippen LogP contribution < -0.4 is 0 Å².